The highest BCUT2D eigenvalue weighted by atomic mass is 15.2. The summed E-state index contributed by atoms with van der Waals surface area (Å²) in [5.74, 6) is 5.87. The molecule has 2 rings (SSSR count). The lowest BCUT2D eigenvalue weighted by atomic mass is 10.3. The quantitative estimate of drug-likeness (QED) is 0.481. The molecule has 0 radical (unpaired) electrons. The zero-order valence-electron chi connectivity index (χ0n) is 6.36. The van der Waals surface area contributed by atoms with Crippen LogP contribution < -0.4 is 11.3 Å². The summed E-state index contributed by atoms with van der Waals surface area (Å²) in [4.78, 5) is 8.19. The summed E-state index contributed by atoms with van der Waals surface area (Å²) in [7, 11) is 0. The van der Waals surface area contributed by atoms with E-state index in [0.717, 1.165) is 10.9 Å². The molecule has 0 saturated carbocycles. The van der Waals surface area contributed by atoms with Crippen molar-refractivity contribution in [2.24, 2.45) is 5.84 Å². The number of fused-ring (bicyclic) bond motifs is 1. The summed E-state index contributed by atoms with van der Waals surface area (Å²) in [6.07, 6.45) is 3.47. The topological polar surface area (TPSA) is 63.8 Å². The van der Waals surface area contributed by atoms with E-state index in [2.05, 4.69) is 15.4 Å². The Hall–Kier alpha value is -1.68. The molecule has 0 saturated heterocycles. The van der Waals surface area contributed by atoms with E-state index in [0.29, 0.717) is 5.82 Å². The zero-order chi connectivity index (χ0) is 8.39. The highest BCUT2D eigenvalue weighted by Gasteiger charge is 1.94. The number of hydrogen-bond donors (Lipinski definition) is 2. The maximum atomic E-state index is 5.21. The maximum Gasteiger partial charge on any atom is 0.140 e. The number of pyridine rings is 2. The van der Waals surface area contributed by atoms with Crippen molar-refractivity contribution < 1.29 is 0 Å². The van der Waals surface area contributed by atoms with Gasteiger partial charge in [0.1, 0.15) is 5.82 Å². The van der Waals surface area contributed by atoms with Crippen LogP contribution in [0, 0.1) is 0 Å². The molecule has 0 unspecified atom stereocenters. The SMILES string of the molecule is NNc1ccc2cnccc2n1. The van der Waals surface area contributed by atoms with Crippen molar-refractivity contribution in [1.82, 2.24) is 9.97 Å². The lowest BCUT2D eigenvalue weighted by molar-refractivity contribution is 1.25. The van der Waals surface area contributed by atoms with Crippen molar-refractivity contribution in [3.8, 4) is 0 Å². The first-order chi connectivity index (χ1) is 5.90. The lowest BCUT2D eigenvalue weighted by Crippen LogP contribution is -2.08. The van der Waals surface area contributed by atoms with Gasteiger partial charge in [-0.05, 0) is 18.2 Å². The number of anilines is 1. The first kappa shape index (κ1) is 7.00. The largest absolute Gasteiger partial charge is 0.308 e. The summed E-state index contributed by atoms with van der Waals surface area (Å²) in [6, 6.07) is 5.57. The molecule has 60 valence electrons. The molecule has 0 aromatic carbocycles. The third kappa shape index (κ3) is 1.08. The molecule has 0 spiro atoms. The van der Waals surface area contributed by atoms with E-state index in [1.807, 2.05) is 18.2 Å². The van der Waals surface area contributed by atoms with E-state index in [-0.39, 0.29) is 0 Å². The molecule has 3 N–H and O–H groups in total. The Morgan fingerprint density at radius 2 is 2.17 bits per heavy atom. The predicted octanol–water partition coefficient (Wildman–Crippen LogP) is 0.915. The third-order valence-electron chi connectivity index (χ3n) is 1.64. The summed E-state index contributed by atoms with van der Waals surface area (Å²) in [6.45, 7) is 0. The molecule has 12 heavy (non-hydrogen) atoms. The van der Waals surface area contributed by atoms with Gasteiger partial charge in [0, 0.05) is 17.8 Å². The number of nitrogens with zero attached hydrogens (tertiary/aromatic N) is 2. The number of hydrazine groups is 1. The van der Waals surface area contributed by atoms with Gasteiger partial charge in [0.2, 0.25) is 0 Å². The van der Waals surface area contributed by atoms with E-state index in [4.69, 9.17) is 5.84 Å². The van der Waals surface area contributed by atoms with Crippen molar-refractivity contribution in [3.63, 3.8) is 0 Å². The van der Waals surface area contributed by atoms with Crippen LogP contribution in [0.5, 0.6) is 0 Å². The average Bonchev–Trinajstić information content (AvgIpc) is 2.17. The van der Waals surface area contributed by atoms with Crippen molar-refractivity contribution in [3.05, 3.63) is 30.6 Å². The smallest absolute Gasteiger partial charge is 0.140 e. The van der Waals surface area contributed by atoms with Crippen LogP contribution in [-0.4, -0.2) is 9.97 Å². The van der Waals surface area contributed by atoms with E-state index < -0.39 is 0 Å². The second kappa shape index (κ2) is 2.75. The molecule has 2 aromatic heterocycles. The van der Waals surface area contributed by atoms with E-state index in [1.165, 1.54) is 0 Å². The van der Waals surface area contributed by atoms with Gasteiger partial charge >= 0.3 is 0 Å². The molecule has 2 heterocycles. The summed E-state index contributed by atoms with van der Waals surface area (Å²) in [5, 5.41) is 1.01. The highest BCUT2D eigenvalue weighted by Crippen LogP contribution is 2.11. The van der Waals surface area contributed by atoms with Gasteiger partial charge in [0.15, 0.2) is 0 Å². The molecule has 0 bridgehead atoms. The first-order valence-corrected chi connectivity index (χ1v) is 3.57. The molecular formula is C8H8N4. The van der Waals surface area contributed by atoms with Crippen molar-refractivity contribution >= 4 is 16.7 Å². The number of aromatic nitrogens is 2. The number of rotatable bonds is 1. The average molecular weight is 160 g/mol. The summed E-state index contributed by atoms with van der Waals surface area (Å²) >= 11 is 0. The zero-order valence-corrected chi connectivity index (χ0v) is 6.36. The van der Waals surface area contributed by atoms with Gasteiger partial charge in [0.25, 0.3) is 0 Å². The molecular weight excluding hydrogens is 152 g/mol. The normalized spacial score (nSPS) is 10.1. The van der Waals surface area contributed by atoms with Gasteiger partial charge in [-0.25, -0.2) is 10.8 Å². The van der Waals surface area contributed by atoms with Gasteiger partial charge in [-0.1, -0.05) is 0 Å². The van der Waals surface area contributed by atoms with Crippen LogP contribution in [0.2, 0.25) is 0 Å². The summed E-state index contributed by atoms with van der Waals surface area (Å²) in [5.41, 5.74) is 3.38. The lowest BCUT2D eigenvalue weighted by Gasteiger charge is -1.99. The van der Waals surface area contributed by atoms with E-state index in [9.17, 15) is 0 Å². The van der Waals surface area contributed by atoms with Crippen molar-refractivity contribution in [1.29, 1.82) is 0 Å². The maximum absolute atomic E-state index is 5.21. The Balaban J connectivity index is 2.67. The van der Waals surface area contributed by atoms with Gasteiger partial charge in [-0.15, -0.1) is 0 Å². The van der Waals surface area contributed by atoms with E-state index in [1.54, 1.807) is 12.4 Å². The van der Waals surface area contributed by atoms with Crippen LogP contribution in [-0.2, 0) is 0 Å². The molecule has 0 aliphatic rings. The Morgan fingerprint density at radius 1 is 1.25 bits per heavy atom. The van der Waals surface area contributed by atoms with Crippen LogP contribution in [0.3, 0.4) is 0 Å². The molecule has 0 aliphatic carbocycles. The van der Waals surface area contributed by atoms with Crippen LogP contribution in [0.4, 0.5) is 5.82 Å². The number of nitrogens with two attached hydrogens (primary N) is 1. The molecule has 2 aromatic rings. The second-order valence-electron chi connectivity index (χ2n) is 2.41. The number of nitrogens with one attached hydrogen (secondary N) is 1. The van der Waals surface area contributed by atoms with Crippen LogP contribution >= 0.6 is 0 Å². The fourth-order valence-electron chi connectivity index (χ4n) is 1.05. The molecule has 4 heteroatoms. The van der Waals surface area contributed by atoms with Crippen LogP contribution in [0.25, 0.3) is 10.9 Å². The minimum atomic E-state index is 0.661. The monoisotopic (exact) mass is 160 g/mol. The molecule has 0 fully saturated rings. The Labute approximate surface area is 69.4 Å². The van der Waals surface area contributed by atoms with Crippen LogP contribution in [0.15, 0.2) is 30.6 Å². The number of hydrogen-bond acceptors (Lipinski definition) is 4. The Kier molecular flexibility index (Phi) is 1.60. The minimum Gasteiger partial charge on any atom is -0.308 e. The molecule has 0 atom stereocenters. The standard InChI is InChI=1S/C8H8N4/c9-12-8-2-1-6-5-10-4-3-7(6)11-8/h1-5H,9H2,(H,11,12). The van der Waals surface area contributed by atoms with Crippen molar-refractivity contribution in [2.75, 3.05) is 5.43 Å². The molecule has 0 amide bonds. The second-order valence-corrected chi connectivity index (χ2v) is 2.41. The number of nitrogen functional groups attached to an aromatic ring is 1. The van der Waals surface area contributed by atoms with Gasteiger partial charge < -0.3 is 5.43 Å². The van der Waals surface area contributed by atoms with Gasteiger partial charge in [-0.2, -0.15) is 0 Å². The third-order valence-corrected chi connectivity index (χ3v) is 1.64. The van der Waals surface area contributed by atoms with Crippen molar-refractivity contribution in [2.45, 2.75) is 0 Å². The Bertz CT molecular complexity index is 399. The van der Waals surface area contributed by atoms with Gasteiger partial charge in [-0.3, -0.25) is 4.98 Å². The Morgan fingerprint density at radius 3 is 3.00 bits per heavy atom. The molecule has 0 aliphatic heterocycles. The predicted molar refractivity (Wildman–Crippen MR) is 47.3 cm³/mol. The van der Waals surface area contributed by atoms with Gasteiger partial charge in [0.05, 0.1) is 5.52 Å². The van der Waals surface area contributed by atoms with E-state index >= 15 is 0 Å². The fourth-order valence-corrected chi connectivity index (χ4v) is 1.05. The summed E-state index contributed by atoms with van der Waals surface area (Å²) < 4.78 is 0. The molecule has 4 nitrogen and oxygen atoms in total. The van der Waals surface area contributed by atoms with Crippen LogP contribution in [0.1, 0.15) is 0 Å². The minimum absolute atomic E-state index is 0.661. The first-order valence-electron chi connectivity index (χ1n) is 3.57. The highest BCUT2D eigenvalue weighted by molar-refractivity contribution is 5.78. The fraction of sp³-hybridized carbons (Fsp3) is 0.